The van der Waals surface area contributed by atoms with Gasteiger partial charge in [-0.15, -0.1) is 0 Å². The molecule has 7 nitrogen and oxygen atoms in total. The molecule has 0 bridgehead atoms. The van der Waals surface area contributed by atoms with Crippen molar-refractivity contribution in [3.8, 4) is 11.4 Å². The van der Waals surface area contributed by atoms with E-state index in [1.54, 1.807) is 38.4 Å². The lowest BCUT2D eigenvalue weighted by atomic mass is 9.97. The molecule has 3 N–H and O–H groups in total. The number of hydrogen-bond acceptors (Lipinski definition) is 6. The highest BCUT2D eigenvalue weighted by atomic mass is 35.5. The molecule has 1 aliphatic rings. The van der Waals surface area contributed by atoms with Gasteiger partial charge >= 0.3 is 0 Å². The summed E-state index contributed by atoms with van der Waals surface area (Å²) in [5, 5.41) is 13.6. The Bertz CT molecular complexity index is 772. The van der Waals surface area contributed by atoms with Gasteiger partial charge in [0.2, 0.25) is 0 Å². The Balaban J connectivity index is 1.98. The van der Waals surface area contributed by atoms with Gasteiger partial charge in [-0.3, -0.25) is 9.78 Å². The summed E-state index contributed by atoms with van der Waals surface area (Å²) in [6.45, 7) is 5.34. The number of piperazine rings is 1. The molecule has 128 valence electrons. The summed E-state index contributed by atoms with van der Waals surface area (Å²) >= 11 is 6.20. The first kappa shape index (κ1) is 16.9. The second-order valence-corrected chi connectivity index (χ2v) is 6.77. The largest absolute Gasteiger partial charge is 0.389 e. The molecule has 3 heterocycles. The molecule has 8 heteroatoms. The van der Waals surface area contributed by atoms with Crippen LogP contribution in [0.1, 0.15) is 13.8 Å². The van der Waals surface area contributed by atoms with Crippen molar-refractivity contribution in [1.29, 1.82) is 0 Å². The molecule has 1 atom stereocenters. The van der Waals surface area contributed by atoms with Crippen LogP contribution in [0.15, 0.2) is 29.3 Å². The highest BCUT2D eigenvalue weighted by molar-refractivity contribution is 6.32. The minimum Gasteiger partial charge on any atom is -0.389 e. The molecule has 2 aromatic rings. The summed E-state index contributed by atoms with van der Waals surface area (Å²) < 4.78 is 0. The van der Waals surface area contributed by atoms with Gasteiger partial charge in [-0.1, -0.05) is 11.6 Å². The fourth-order valence-corrected chi connectivity index (χ4v) is 2.93. The van der Waals surface area contributed by atoms with Gasteiger partial charge in [0.25, 0.3) is 5.56 Å². The molecule has 0 aliphatic carbocycles. The van der Waals surface area contributed by atoms with E-state index in [1.165, 1.54) is 0 Å². The quantitative estimate of drug-likeness (QED) is 0.766. The number of anilines is 1. The van der Waals surface area contributed by atoms with Gasteiger partial charge in [0.15, 0.2) is 5.82 Å². The van der Waals surface area contributed by atoms with Crippen molar-refractivity contribution >= 4 is 17.4 Å². The molecule has 1 saturated heterocycles. The molecule has 1 aliphatic heterocycles. The third-order valence-electron chi connectivity index (χ3n) is 4.13. The summed E-state index contributed by atoms with van der Waals surface area (Å²) in [5.41, 5.74) is -0.513. The first-order chi connectivity index (χ1) is 11.4. The van der Waals surface area contributed by atoms with Crippen LogP contribution in [0.2, 0.25) is 5.02 Å². The fourth-order valence-electron chi connectivity index (χ4n) is 2.72. The van der Waals surface area contributed by atoms with Crippen LogP contribution in [0.25, 0.3) is 11.4 Å². The van der Waals surface area contributed by atoms with Gasteiger partial charge in [0.05, 0.1) is 11.6 Å². The van der Waals surface area contributed by atoms with E-state index < -0.39 is 5.60 Å². The number of aliphatic hydroxyl groups is 1. The van der Waals surface area contributed by atoms with E-state index in [1.807, 2.05) is 4.90 Å². The molecular formula is C16H20ClN5O2. The molecule has 1 fully saturated rings. The van der Waals surface area contributed by atoms with Crippen molar-refractivity contribution in [3.05, 3.63) is 39.9 Å². The van der Waals surface area contributed by atoms with Crippen LogP contribution in [-0.4, -0.2) is 51.3 Å². The monoisotopic (exact) mass is 349 g/mol. The topological polar surface area (TPSA) is 94.1 Å². The highest BCUT2D eigenvalue weighted by Crippen LogP contribution is 2.25. The third kappa shape index (κ3) is 3.43. The standard InChI is InChI=1S/C16H20ClN5O2/c1-16(2,24)11-9-22(8-7-19-11)14-12(17)15(23)21-13(20-14)10-3-5-18-6-4-10/h3-6,11,19,24H,7-9H2,1-2H3,(H,20,21,23). The second kappa shape index (κ2) is 6.51. The molecule has 0 radical (unpaired) electrons. The Hall–Kier alpha value is -1.96. The van der Waals surface area contributed by atoms with Crippen molar-refractivity contribution in [3.63, 3.8) is 0 Å². The lowest BCUT2D eigenvalue weighted by molar-refractivity contribution is 0.0363. The van der Waals surface area contributed by atoms with Gasteiger partial charge in [0, 0.05) is 37.6 Å². The van der Waals surface area contributed by atoms with Gasteiger partial charge in [-0.2, -0.15) is 0 Å². The van der Waals surface area contributed by atoms with E-state index in [0.29, 0.717) is 31.3 Å². The first-order valence-electron chi connectivity index (χ1n) is 7.77. The number of pyridine rings is 1. The van der Waals surface area contributed by atoms with Gasteiger partial charge in [-0.25, -0.2) is 4.98 Å². The number of aromatic nitrogens is 3. The van der Waals surface area contributed by atoms with Crippen LogP contribution in [0.3, 0.4) is 0 Å². The van der Waals surface area contributed by atoms with Crippen molar-refractivity contribution in [2.75, 3.05) is 24.5 Å². The molecule has 1 unspecified atom stereocenters. The van der Waals surface area contributed by atoms with Gasteiger partial charge in [0.1, 0.15) is 10.8 Å². The van der Waals surface area contributed by atoms with Crippen LogP contribution in [0, 0.1) is 0 Å². The van der Waals surface area contributed by atoms with E-state index in [4.69, 9.17) is 11.6 Å². The number of H-pyrrole nitrogens is 1. The number of hydrogen-bond donors (Lipinski definition) is 3. The number of halogens is 1. The van der Waals surface area contributed by atoms with E-state index >= 15 is 0 Å². The minimum absolute atomic E-state index is 0.0594. The van der Waals surface area contributed by atoms with Crippen LogP contribution in [-0.2, 0) is 0 Å². The maximum atomic E-state index is 12.2. The Morgan fingerprint density at radius 3 is 2.75 bits per heavy atom. The SMILES string of the molecule is CC(C)(O)C1CN(c2nc(-c3ccncc3)[nH]c(=O)c2Cl)CCN1. The summed E-state index contributed by atoms with van der Waals surface area (Å²) in [4.78, 5) is 25.4. The highest BCUT2D eigenvalue weighted by Gasteiger charge is 2.32. The van der Waals surface area contributed by atoms with Gasteiger partial charge in [-0.05, 0) is 26.0 Å². The maximum absolute atomic E-state index is 12.2. The summed E-state index contributed by atoms with van der Waals surface area (Å²) in [6.07, 6.45) is 3.28. The van der Waals surface area contributed by atoms with Crippen molar-refractivity contribution in [2.24, 2.45) is 0 Å². The number of nitrogens with one attached hydrogen (secondary N) is 2. The smallest absolute Gasteiger partial charge is 0.272 e. The molecular weight excluding hydrogens is 330 g/mol. The summed E-state index contributed by atoms with van der Waals surface area (Å²) in [6, 6.07) is 3.40. The van der Waals surface area contributed by atoms with Crippen LogP contribution in [0.4, 0.5) is 5.82 Å². The van der Waals surface area contributed by atoms with Crippen molar-refractivity contribution in [2.45, 2.75) is 25.5 Å². The fraction of sp³-hybridized carbons (Fsp3) is 0.438. The number of rotatable bonds is 3. The summed E-state index contributed by atoms with van der Waals surface area (Å²) in [7, 11) is 0. The molecule has 2 aromatic heterocycles. The lowest BCUT2D eigenvalue weighted by Crippen LogP contribution is -2.59. The molecule has 0 spiro atoms. The summed E-state index contributed by atoms with van der Waals surface area (Å²) in [5.74, 6) is 0.878. The second-order valence-electron chi connectivity index (χ2n) is 6.39. The zero-order valence-electron chi connectivity index (χ0n) is 13.6. The van der Waals surface area contributed by atoms with E-state index in [0.717, 1.165) is 5.56 Å². The number of aromatic amines is 1. The molecule has 0 amide bonds. The van der Waals surface area contributed by atoms with Crippen LogP contribution in [0.5, 0.6) is 0 Å². The van der Waals surface area contributed by atoms with Crippen molar-refractivity contribution in [1.82, 2.24) is 20.3 Å². The average Bonchev–Trinajstić information content (AvgIpc) is 2.57. The predicted octanol–water partition coefficient (Wildman–Crippen LogP) is 1.03. The normalized spacial score (nSPS) is 18.7. The van der Waals surface area contributed by atoms with E-state index in [9.17, 15) is 9.90 Å². The van der Waals surface area contributed by atoms with Crippen LogP contribution >= 0.6 is 11.6 Å². The first-order valence-corrected chi connectivity index (χ1v) is 8.15. The zero-order chi connectivity index (χ0) is 17.3. The van der Waals surface area contributed by atoms with Crippen LogP contribution < -0.4 is 15.8 Å². The maximum Gasteiger partial charge on any atom is 0.272 e. The average molecular weight is 350 g/mol. The molecule has 0 aromatic carbocycles. The van der Waals surface area contributed by atoms with Crippen molar-refractivity contribution < 1.29 is 5.11 Å². The zero-order valence-corrected chi connectivity index (χ0v) is 14.3. The molecule has 3 rings (SSSR count). The number of nitrogens with zero attached hydrogens (tertiary/aromatic N) is 3. The predicted molar refractivity (Wildman–Crippen MR) is 93.4 cm³/mol. The van der Waals surface area contributed by atoms with E-state index in [2.05, 4.69) is 20.3 Å². The molecule has 24 heavy (non-hydrogen) atoms. The van der Waals surface area contributed by atoms with E-state index in [-0.39, 0.29) is 16.6 Å². The molecule has 0 saturated carbocycles. The lowest BCUT2D eigenvalue weighted by Gasteiger charge is -2.40. The minimum atomic E-state index is -0.889. The Morgan fingerprint density at radius 1 is 1.38 bits per heavy atom. The third-order valence-corrected chi connectivity index (χ3v) is 4.47. The van der Waals surface area contributed by atoms with Gasteiger partial charge < -0.3 is 20.3 Å². The Morgan fingerprint density at radius 2 is 2.08 bits per heavy atom. The Kier molecular flexibility index (Phi) is 4.58. The Labute approximate surface area is 144 Å².